The van der Waals surface area contributed by atoms with Crippen LogP contribution in [0.4, 0.5) is 10.5 Å². The lowest BCUT2D eigenvalue weighted by Crippen LogP contribution is -2.34. The lowest BCUT2D eigenvalue weighted by molar-refractivity contribution is 0.207. The first-order valence-corrected chi connectivity index (χ1v) is 8.76. The number of carbonyl (C=O) groups is 1. The van der Waals surface area contributed by atoms with Crippen LogP contribution < -0.4 is 10.1 Å². The highest BCUT2D eigenvalue weighted by atomic mass is 32.2. The number of rotatable bonds is 6. The molecule has 0 aliphatic rings. The Morgan fingerprint density at radius 2 is 1.78 bits per heavy atom. The number of likely N-dealkylation sites (N-methyl/N-ethyl adjacent to an activating group) is 1. The molecule has 6 heteroatoms. The number of ether oxygens (including phenoxy) is 1. The minimum atomic E-state index is -1.16. The lowest BCUT2D eigenvalue weighted by atomic mass is 10.3. The standard InChI is InChI=1S/C17H20N2O3S/c1-19(12-13-22-14-8-4-3-5-9-14)17(20)18-15-10-6-7-11-16(15)23(2)21/h3-11H,12-13H2,1-2H3,(H,18,20)/t23-/m1/s1. The van der Waals surface area contributed by atoms with Gasteiger partial charge in [0.2, 0.25) is 0 Å². The molecule has 1 atom stereocenters. The van der Waals surface area contributed by atoms with E-state index in [-0.39, 0.29) is 6.03 Å². The van der Waals surface area contributed by atoms with Crippen molar-refractivity contribution in [2.45, 2.75) is 4.90 Å². The van der Waals surface area contributed by atoms with Gasteiger partial charge >= 0.3 is 6.03 Å². The van der Waals surface area contributed by atoms with Crippen LogP contribution in [0.5, 0.6) is 5.75 Å². The first kappa shape index (κ1) is 17.0. The van der Waals surface area contributed by atoms with Gasteiger partial charge in [-0.25, -0.2) is 4.79 Å². The molecule has 0 heterocycles. The lowest BCUT2D eigenvalue weighted by Gasteiger charge is -2.19. The van der Waals surface area contributed by atoms with E-state index in [1.165, 1.54) is 4.90 Å². The second kappa shape index (κ2) is 8.33. The fraction of sp³-hybridized carbons (Fsp3) is 0.235. The Kier molecular flexibility index (Phi) is 6.17. The second-order valence-electron chi connectivity index (χ2n) is 4.96. The second-order valence-corrected chi connectivity index (χ2v) is 6.31. The van der Waals surface area contributed by atoms with Crippen LogP contribution in [0, 0.1) is 0 Å². The number of anilines is 1. The summed E-state index contributed by atoms with van der Waals surface area (Å²) < 4.78 is 17.2. The molecule has 0 saturated heterocycles. The molecule has 0 bridgehead atoms. The molecular weight excluding hydrogens is 312 g/mol. The fourth-order valence-corrected chi connectivity index (χ4v) is 2.65. The van der Waals surface area contributed by atoms with Crippen molar-refractivity contribution in [2.24, 2.45) is 0 Å². The SMILES string of the molecule is CN(CCOc1ccccc1)C(=O)Nc1ccccc1[S@@](C)=O. The van der Waals surface area contributed by atoms with Gasteiger partial charge in [0.05, 0.1) is 27.9 Å². The minimum absolute atomic E-state index is 0.264. The highest BCUT2D eigenvalue weighted by molar-refractivity contribution is 7.84. The zero-order valence-electron chi connectivity index (χ0n) is 13.2. The predicted octanol–water partition coefficient (Wildman–Crippen LogP) is 2.97. The Morgan fingerprint density at radius 1 is 1.13 bits per heavy atom. The number of hydrogen-bond donors (Lipinski definition) is 1. The van der Waals surface area contributed by atoms with E-state index in [1.807, 2.05) is 30.3 Å². The van der Waals surface area contributed by atoms with E-state index in [0.29, 0.717) is 23.7 Å². The quantitative estimate of drug-likeness (QED) is 0.885. The molecule has 0 aliphatic heterocycles. The number of para-hydroxylation sites is 2. The van der Waals surface area contributed by atoms with Gasteiger partial charge in [-0.05, 0) is 24.3 Å². The van der Waals surface area contributed by atoms with Crippen molar-refractivity contribution in [3.8, 4) is 5.75 Å². The summed E-state index contributed by atoms with van der Waals surface area (Å²) in [5.74, 6) is 0.771. The van der Waals surface area contributed by atoms with E-state index in [0.717, 1.165) is 5.75 Å². The number of benzene rings is 2. The van der Waals surface area contributed by atoms with Crippen LogP contribution in [0.15, 0.2) is 59.5 Å². The third-order valence-corrected chi connectivity index (χ3v) is 4.20. The van der Waals surface area contributed by atoms with Crippen molar-refractivity contribution in [1.82, 2.24) is 4.90 Å². The summed E-state index contributed by atoms with van der Waals surface area (Å²) in [6, 6.07) is 16.3. The molecule has 0 saturated carbocycles. The van der Waals surface area contributed by atoms with Gasteiger partial charge in [-0.15, -0.1) is 0 Å². The summed E-state index contributed by atoms with van der Waals surface area (Å²) in [5, 5.41) is 2.78. The van der Waals surface area contributed by atoms with E-state index >= 15 is 0 Å². The smallest absolute Gasteiger partial charge is 0.321 e. The van der Waals surface area contributed by atoms with Crippen molar-refractivity contribution >= 4 is 22.5 Å². The molecule has 0 radical (unpaired) electrons. The molecule has 122 valence electrons. The van der Waals surface area contributed by atoms with Crippen LogP contribution >= 0.6 is 0 Å². The Hall–Kier alpha value is -2.34. The van der Waals surface area contributed by atoms with E-state index in [1.54, 1.807) is 37.6 Å². The Morgan fingerprint density at radius 3 is 2.48 bits per heavy atom. The molecule has 2 rings (SSSR count). The van der Waals surface area contributed by atoms with Crippen LogP contribution in [0.25, 0.3) is 0 Å². The number of urea groups is 1. The molecule has 23 heavy (non-hydrogen) atoms. The van der Waals surface area contributed by atoms with Gasteiger partial charge in [-0.3, -0.25) is 4.21 Å². The van der Waals surface area contributed by atoms with Gasteiger partial charge in [0.1, 0.15) is 12.4 Å². The van der Waals surface area contributed by atoms with E-state index in [4.69, 9.17) is 4.74 Å². The highest BCUT2D eigenvalue weighted by Crippen LogP contribution is 2.18. The number of carbonyl (C=O) groups excluding carboxylic acids is 1. The summed E-state index contributed by atoms with van der Waals surface area (Å²) in [4.78, 5) is 14.3. The molecule has 2 aromatic rings. The van der Waals surface area contributed by atoms with Gasteiger partial charge in [0, 0.05) is 13.3 Å². The summed E-state index contributed by atoms with van der Waals surface area (Å²) in [6.07, 6.45) is 1.59. The molecule has 0 unspecified atom stereocenters. The van der Waals surface area contributed by atoms with Crippen LogP contribution in [0.2, 0.25) is 0 Å². The zero-order valence-corrected chi connectivity index (χ0v) is 14.0. The van der Waals surface area contributed by atoms with Crippen molar-refractivity contribution in [3.05, 3.63) is 54.6 Å². The average molecular weight is 332 g/mol. The van der Waals surface area contributed by atoms with Crippen LogP contribution in [0.1, 0.15) is 0 Å². The first-order valence-electron chi connectivity index (χ1n) is 7.20. The number of amides is 2. The molecule has 0 aliphatic carbocycles. The molecule has 2 amide bonds. The summed E-state index contributed by atoms with van der Waals surface area (Å²) in [5.41, 5.74) is 0.564. The maximum Gasteiger partial charge on any atom is 0.321 e. The maximum atomic E-state index is 12.2. The zero-order chi connectivity index (χ0) is 16.7. The normalized spacial score (nSPS) is 11.6. The molecule has 0 aromatic heterocycles. The number of hydrogen-bond acceptors (Lipinski definition) is 3. The molecule has 2 aromatic carbocycles. The molecule has 0 spiro atoms. The molecular formula is C17H20N2O3S. The van der Waals surface area contributed by atoms with Gasteiger partial charge in [-0.2, -0.15) is 0 Å². The molecule has 0 fully saturated rings. The third kappa shape index (κ3) is 5.10. The molecule has 5 nitrogen and oxygen atoms in total. The summed E-state index contributed by atoms with van der Waals surface area (Å²) >= 11 is 0. The first-order chi connectivity index (χ1) is 11.1. The van der Waals surface area contributed by atoms with E-state index in [2.05, 4.69) is 5.32 Å². The van der Waals surface area contributed by atoms with Crippen LogP contribution in [-0.4, -0.2) is 41.6 Å². The van der Waals surface area contributed by atoms with Gasteiger partial charge in [-0.1, -0.05) is 30.3 Å². The minimum Gasteiger partial charge on any atom is -0.492 e. The Bertz CT molecular complexity index is 677. The highest BCUT2D eigenvalue weighted by Gasteiger charge is 2.12. The van der Waals surface area contributed by atoms with Gasteiger partial charge in [0.15, 0.2) is 0 Å². The largest absolute Gasteiger partial charge is 0.492 e. The van der Waals surface area contributed by atoms with Crippen molar-refractivity contribution in [2.75, 3.05) is 31.8 Å². The maximum absolute atomic E-state index is 12.2. The monoisotopic (exact) mass is 332 g/mol. The summed E-state index contributed by atoms with van der Waals surface area (Å²) in [6.45, 7) is 0.841. The Labute approximate surface area is 138 Å². The van der Waals surface area contributed by atoms with Crippen molar-refractivity contribution < 1.29 is 13.7 Å². The van der Waals surface area contributed by atoms with Crippen LogP contribution in [-0.2, 0) is 10.8 Å². The Balaban J connectivity index is 1.87. The van der Waals surface area contributed by atoms with Crippen molar-refractivity contribution in [1.29, 1.82) is 0 Å². The van der Waals surface area contributed by atoms with E-state index in [9.17, 15) is 9.00 Å². The van der Waals surface area contributed by atoms with Gasteiger partial charge < -0.3 is 15.0 Å². The third-order valence-electron chi connectivity index (χ3n) is 3.22. The topological polar surface area (TPSA) is 58.6 Å². The van der Waals surface area contributed by atoms with Crippen molar-refractivity contribution in [3.63, 3.8) is 0 Å². The summed E-state index contributed by atoms with van der Waals surface area (Å²) in [7, 11) is 0.531. The van der Waals surface area contributed by atoms with Gasteiger partial charge in [0.25, 0.3) is 0 Å². The van der Waals surface area contributed by atoms with Crippen LogP contribution in [0.3, 0.4) is 0 Å². The van der Waals surface area contributed by atoms with E-state index < -0.39 is 10.8 Å². The average Bonchev–Trinajstić information content (AvgIpc) is 2.56. The number of nitrogens with zero attached hydrogens (tertiary/aromatic N) is 1. The predicted molar refractivity (Wildman–Crippen MR) is 92.4 cm³/mol. The molecule has 1 N–H and O–H groups in total. The number of nitrogens with one attached hydrogen (secondary N) is 1. The fourth-order valence-electron chi connectivity index (χ4n) is 1.95.